The van der Waals surface area contributed by atoms with Crippen molar-refractivity contribution >= 4 is 15.8 Å². The third kappa shape index (κ3) is 2.59. The second-order valence-electron chi connectivity index (χ2n) is 2.10. The summed E-state index contributed by atoms with van der Waals surface area (Å²) >= 11 is 0. The molecule has 0 saturated heterocycles. The quantitative estimate of drug-likeness (QED) is 0.552. The van der Waals surface area contributed by atoms with Crippen molar-refractivity contribution in [1.29, 1.82) is 0 Å². The van der Waals surface area contributed by atoms with E-state index in [1.807, 2.05) is 0 Å². The van der Waals surface area contributed by atoms with Gasteiger partial charge in [0.05, 0.1) is 4.90 Å². The molecule has 0 saturated carbocycles. The Hall–Kier alpha value is -0.950. The molecule has 1 aromatic carbocycles. The largest absolute Gasteiger partial charge is 0.744 e. The molecule has 0 bridgehead atoms. The molecule has 6 heteroatoms. The molecule has 1 rings (SSSR count). The van der Waals surface area contributed by atoms with Gasteiger partial charge in [-0.1, -0.05) is 0 Å². The molecule has 68 valence electrons. The fourth-order valence-corrected chi connectivity index (χ4v) is 1.13. The van der Waals surface area contributed by atoms with Crippen LogP contribution < -0.4 is 5.73 Å². The molecule has 0 aromatic heterocycles. The molecule has 0 aliphatic rings. The molecule has 0 aliphatic heterocycles. The highest BCUT2D eigenvalue weighted by atomic mass is 32.2. The van der Waals surface area contributed by atoms with Crippen LogP contribution in [0.1, 0.15) is 0 Å². The van der Waals surface area contributed by atoms with Crippen LogP contribution in [0.25, 0.3) is 0 Å². The van der Waals surface area contributed by atoms with Crippen molar-refractivity contribution in [2.45, 2.75) is 4.90 Å². The molecule has 5 nitrogen and oxygen atoms in total. The van der Waals surface area contributed by atoms with Gasteiger partial charge in [-0.25, -0.2) is 8.42 Å². The number of benzene rings is 1. The molecule has 0 atom stereocenters. The van der Waals surface area contributed by atoms with E-state index in [-0.39, 0.29) is 10.4 Å². The highest BCUT2D eigenvalue weighted by Crippen LogP contribution is 2.09. The second-order valence-corrected chi connectivity index (χ2v) is 3.48. The summed E-state index contributed by atoms with van der Waals surface area (Å²) in [6.45, 7) is 0. The van der Waals surface area contributed by atoms with Crippen LogP contribution in [0, 0.1) is 0 Å². The molecule has 1 aromatic rings. The lowest BCUT2D eigenvalue weighted by atomic mass is 10.3. The van der Waals surface area contributed by atoms with E-state index in [0.29, 0.717) is 5.69 Å². The summed E-state index contributed by atoms with van der Waals surface area (Å²) in [5.41, 5.74) is 4.23. The first-order valence-electron chi connectivity index (χ1n) is 2.88. The zero-order valence-electron chi connectivity index (χ0n) is 6.15. The van der Waals surface area contributed by atoms with Crippen molar-refractivity contribution in [3.05, 3.63) is 24.3 Å². The Morgan fingerprint density at radius 1 is 1.17 bits per heavy atom. The molecule has 0 spiro atoms. The zero-order valence-corrected chi connectivity index (χ0v) is 6.97. The molecule has 0 heterocycles. The standard InChI is InChI=1S/C6H7NO3S.H2O/c7-5-1-3-6(4-2-5)11(8,9)10;/h1-4H,7H2,(H,8,9,10);1H2. The van der Waals surface area contributed by atoms with Crippen molar-refractivity contribution in [3.8, 4) is 0 Å². The summed E-state index contributed by atoms with van der Waals surface area (Å²) < 4.78 is 31.1. The van der Waals surface area contributed by atoms with Crippen LogP contribution in [0.3, 0.4) is 0 Å². The lowest BCUT2D eigenvalue weighted by Gasteiger charge is -2.04. The van der Waals surface area contributed by atoms with E-state index in [9.17, 15) is 13.0 Å². The highest BCUT2D eigenvalue weighted by Gasteiger charge is 1.99. The fourth-order valence-electron chi connectivity index (χ4n) is 0.656. The predicted octanol–water partition coefficient (Wildman–Crippen LogP) is -1.36. The highest BCUT2D eigenvalue weighted by molar-refractivity contribution is 7.85. The summed E-state index contributed by atoms with van der Waals surface area (Å²) in [4.78, 5) is -0.218. The van der Waals surface area contributed by atoms with Gasteiger partial charge in [0.15, 0.2) is 0 Å². The Kier molecular flexibility index (Phi) is 3.35. The Balaban J connectivity index is 0.00000121. The summed E-state index contributed by atoms with van der Waals surface area (Å²) in [7, 11) is -4.30. The predicted molar refractivity (Wildman–Crippen MR) is 40.6 cm³/mol. The van der Waals surface area contributed by atoms with Gasteiger partial charge in [-0.3, -0.25) is 0 Å². The van der Waals surface area contributed by atoms with Crippen LogP contribution in [0.4, 0.5) is 5.69 Å². The van der Waals surface area contributed by atoms with Crippen LogP contribution in [-0.4, -0.2) is 18.4 Å². The molecular weight excluding hydrogens is 182 g/mol. The van der Waals surface area contributed by atoms with Crippen molar-refractivity contribution in [3.63, 3.8) is 0 Å². The third-order valence-electron chi connectivity index (χ3n) is 1.21. The lowest BCUT2D eigenvalue weighted by Crippen LogP contribution is -2.39. The molecular formula is C6H9NO4S. The first-order chi connectivity index (χ1) is 5.00. The number of rotatable bonds is 1. The maximum atomic E-state index is 10.4. The van der Waals surface area contributed by atoms with E-state index in [0.717, 1.165) is 0 Å². The van der Waals surface area contributed by atoms with E-state index in [2.05, 4.69) is 5.73 Å². The van der Waals surface area contributed by atoms with Crippen molar-refractivity contribution in [2.75, 3.05) is 0 Å². The maximum absolute atomic E-state index is 10.4. The Bertz CT molecular complexity index is 342. The van der Waals surface area contributed by atoms with Gasteiger partial charge in [-0.2, -0.15) is 0 Å². The van der Waals surface area contributed by atoms with Crippen LogP contribution in [-0.2, 0) is 10.1 Å². The third-order valence-corrected chi connectivity index (χ3v) is 2.06. The maximum Gasteiger partial charge on any atom is 0.127 e. The normalized spacial score (nSPS) is 10.5. The average molecular weight is 191 g/mol. The van der Waals surface area contributed by atoms with Crippen molar-refractivity contribution in [1.82, 2.24) is 0 Å². The second kappa shape index (κ2) is 3.63. The zero-order chi connectivity index (χ0) is 8.48. The van der Waals surface area contributed by atoms with Gasteiger partial charge in [-0.05, 0) is 12.1 Å². The van der Waals surface area contributed by atoms with E-state index in [1.165, 1.54) is 24.3 Å². The smallest absolute Gasteiger partial charge is 0.127 e. The first-order valence-corrected chi connectivity index (χ1v) is 4.29. The number of hydrogen-bond acceptors (Lipinski definition) is 3. The fraction of sp³-hybridized carbons (Fsp3) is 0. The van der Waals surface area contributed by atoms with E-state index in [1.54, 1.807) is 0 Å². The van der Waals surface area contributed by atoms with Gasteiger partial charge in [-0.15, -0.1) is 0 Å². The minimum Gasteiger partial charge on any atom is -0.744 e. The van der Waals surface area contributed by atoms with Crippen molar-refractivity contribution in [2.24, 2.45) is 0 Å². The van der Waals surface area contributed by atoms with Gasteiger partial charge in [0, 0.05) is 12.1 Å². The summed E-state index contributed by atoms with van der Waals surface area (Å²) in [6, 6.07) is 5.44. The van der Waals surface area contributed by atoms with E-state index < -0.39 is 10.1 Å². The van der Waals surface area contributed by atoms with E-state index >= 15 is 0 Å². The summed E-state index contributed by atoms with van der Waals surface area (Å²) in [5.74, 6) is 0. The average Bonchev–Trinajstić information content (AvgIpc) is 1.86. The van der Waals surface area contributed by atoms with Gasteiger partial charge in [0.2, 0.25) is 0 Å². The topological polar surface area (TPSA) is 116 Å². The number of quaternary nitrogens is 1. The number of hydrogen-bond donors (Lipinski definition) is 1. The minimum absolute atomic E-state index is 0. The van der Waals surface area contributed by atoms with Crippen LogP contribution in [0.5, 0.6) is 0 Å². The van der Waals surface area contributed by atoms with E-state index in [4.69, 9.17) is 0 Å². The first kappa shape index (κ1) is 11.1. The van der Waals surface area contributed by atoms with Crippen LogP contribution >= 0.6 is 0 Å². The molecule has 5 N–H and O–H groups in total. The van der Waals surface area contributed by atoms with Gasteiger partial charge < -0.3 is 15.8 Å². The Morgan fingerprint density at radius 2 is 1.58 bits per heavy atom. The molecule has 12 heavy (non-hydrogen) atoms. The van der Waals surface area contributed by atoms with Gasteiger partial charge in [0.25, 0.3) is 0 Å². The van der Waals surface area contributed by atoms with Gasteiger partial charge in [0.1, 0.15) is 15.8 Å². The Labute approximate surface area is 69.9 Å². The monoisotopic (exact) mass is 191 g/mol. The molecule has 0 unspecified atom stereocenters. The lowest BCUT2D eigenvalue weighted by molar-refractivity contribution is -0.254. The van der Waals surface area contributed by atoms with Crippen LogP contribution in [0.2, 0.25) is 0 Å². The van der Waals surface area contributed by atoms with Crippen LogP contribution in [0.15, 0.2) is 29.2 Å². The SMILES string of the molecule is O.[NH3+]c1ccc(S(=O)(=O)[O-])cc1. The Morgan fingerprint density at radius 3 is 1.92 bits per heavy atom. The molecule has 0 fully saturated rings. The molecule has 0 amide bonds. The summed E-state index contributed by atoms with van der Waals surface area (Å²) in [5, 5.41) is 0. The molecule has 0 radical (unpaired) electrons. The van der Waals surface area contributed by atoms with Crippen molar-refractivity contribution < 1.29 is 24.2 Å². The molecule has 0 aliphatic carbocycles. The summed E-state index contributed by atoms with van der Waals surface area (Å²) in [6.07, 6.45) is 0. The van der Waals surface area contributed by atoms with Gasteiger partial charge >= 0.3 is 0 Å². The minimum atomic E-state index is -4.30.